The monoisotopic (exact) mass is 365 g/mol. The van der Waals surface area contributed by atoms with Crippen molar-refractivity contribution in [2.24, 2.45) is 4.99 Å². The molecule has 102 valence electrons. The van der Waals surface area contributed by atoms with Gasteiger partial charge in [-0.15, -0.1) is 24.0 Å². The summed E-state index contributed by atoms with van der Waals surface area (Å²) in [5.41, 5.74) is 0.728. The largest absolute Gasteiger partial charge is 0.356 e. The van der Waals surface area contributed by atoms with E-state index in [0.717, 1.165) is 24.5 Å². The van der Waals surface area contributed by atoms with Crippen molar-refractivity contribution in [2.75, 3.05) is 20.1 Å². The summed E-state index contributed by atoms with van der Waals surface area (Å²) in [6, 6.07) is 6.84. The predicted molar refractivity (Wildman–Crippen MR) is 85.2 cm³/mol. The fraction of sp³-hybridized carbons (Fsp3) is 0.462. The fourth-order valence-corrected chi connectivity index (χ4v) is 1.48. The van der Waals surface area contributed by atoms with Crippen LogP contribution in [0.1, 0.15) is 18.9 Å². The zero-order chi connectivity index (χ0) is 12.5. The second-order valence-electron chi connectivity index (χ2n) is 3.77. The molecule has 0 amide bonds. The Labute approximate surface area is 125 Å². The maximum Gasteiger partial charge on any atom is 0.190 e. The normalized spacial score (nSPS) is 10.7. The highest BCUT2D eigenvalue weighted by Gasteiger charge is 2.01. The highest BCUT2D eigenvalue weighted by molar-refractivity contribution is 14.0. The van der Waals surface area contributed by atoms with Gasteiger partial charge in [0, 0.05) is 20.1 Å². The molecule has 1 aromatic carbocycles. The van der Waals surface area contributed by atoms with Gasteiger partial charge < -0.3 is 10.6 Å². The van der Waals surface area contributed by atoms with Crippen molar-refractivity contribution in [2.45, 2.75) is 19.8 Å². The summed E-state index contributed by atoms with van der Waals surface area (Å²) in [6.07, 6.45) is 1.70. The number of halogens is 2. The number of guanidine groups is 1. The Bertz CT molecular complexity index is 369. The van der Waals surface area contributed by atoms with E-state index in [-0.39, 0.29) is 29.8 Å². The van der Waals surface area contributed by atoms with Crippen molar-refractivity contribution in [3.05, 3.63) is 35.6 Å². The van der Waals surface area contributed by atoms with Gasteiger partial charge in [0.05, 0.1) is 0 Å². The van der Waals surface area contributed by atoms with E-state index in [1.54, 1.807) is 19.2 Å². The molecule has 0 spiro atoms. The minimum absolute atomic E-state index is 0. The molecule has 0 atom stereocenters. The second-order valence-corrected chi connectivity index (χ2v) is 3.77. The highest BCUT2D eigenvalue weighted by atomic mass is 127. The van der Waals surface area contributed by atoms with Crippen LogP contribution in [0.15, 0.2) is 29.3 Å². The van der Waals surface area contributed by atoms with Gasteiger partial charge in [-0.1, -0.05) is 25.1 Å². The Morgan fingerprint density at radius 1 is 1.22 bits per heavy atom. The van der Waals surface area contributed by atoms with Gasteiger partial charge in [-0.2, -0.15) is 0 Å². The Morgan fingerprint density at radius 3 is 2.50 bits per heavy atom. The summed E-state index contributed by atoms with van der Waals surface area (Å²) in [6.45, 7) is 3.66. The SMILES string of the molecule is CCCNC(=NC)NCCc1ccccc1F.I. The molecule has 0 fully saturated rings. The fourth-order valence-electron chi connectivity index (χ4n) is 1.48. The van der Waals surface area contributed by atoms with Crippen molar-refractivity contribution in [1.82, 2.24) is 10.6 Å². The zero-order valence-electron chi connectivity index (χ0n) is 10.9. The van der Waals surface area contributed by atoms with Crippen LogP contribution in [0.5, 0.6) is 0 Å². The van der Waals surface area contributed by atoms with Gasteiger partial charge in [0.1, 0.15) is 5.82 Å². The Kier molecular flexibility index (Phi) is 9.63. The third kappa shape index (κ3) is 6.18. The van der Waals surface area contributed by atoms with E-state index in [0.29, 0.717) is 13.0 Å². The highest BCUT2D eigenvalue weighted by Crippen LogP contribution is 2.05. The molecular formula is C13H21FIN3. The predicted octanol–water partition coefficient (Wildman–Crippen LogP) is 2.56. The lowest BCUT2D eigenvalue weighted by Crippen LogP contribution is -2.38. The number of hydrogen-bond donors (Lipinski definition) is 2. The number of nitrogens with zero attached hydrogens (tertiary/aromatic N) is 1. The number of rotatable bonds is 5. The molecule has 0 aromatic heterocycles. The minimum Gasteiger partial charge on any atom is -0.356 e. The van der Waals surface area contributed by atoms with Crippen LogP contribution >= 0.6 is 24.0 Å². The van der Waals surface area contributed by atoms with E-state index in [9.17, 15) is 4.39 Å². The summed E-state index contributed by atoms with van der Waals surface area (Å²) >= 11 is 0. The molecule has 5 heteroatoms. The molecule has 0 unspecified atom stereocenters. The van der Waals surface area contributed by atoms with Gasteiger partial charge >= 0.3 is 0 Å². The lowest BCUT2D eigenvalue weighted by molar-refractivity contribution is 0.606. The van der Waals surface area contributed by atoms with E-state index in [4.69, 9.17) is 0 Å². The van der Waals surface area contributed by atoms with Gasteiger partial charge in [0.15, 0.2) is 5.96 Å². The molecule has 3 nitrogen and oxygen atoms in total. The summed E-state index contributed by atoms with van der Waals surface area (Å²) in [5.74, 6) is 0.619. The average molecular weight is 365 g/mol. The maximum atomic E-state index is 13.3. The van der Waals surface area contributed by atoms with E-state index >= 15 is 0 Å². The first kappa shape index (κ1) is 17.2. The second kappa shape index (κ2) is 10.1. The van der Waals surface area contributed by atoms with Crippen molar-refractivity contribution < 1.29 is 4.39 Å². The average Bonchev–Trinajstić information content (AvgIpc) is 2.35. The molecule has 2 N–H and O–H groups in total. The van der Waals surface area contributed by atoms with Crippen LogP contribution in [-0.2, 0) is 6.42 Å². The van der Waals surface area contributed by atoms with Gasteiger partial charge in [-0.05, 0) is 24.5 Å². The van der Waals surface area contributed by atoms with E-state index in [2.05, 4.69) is 22.5 Å². The summed E-state index contributed by atoms with van der Waals surface area (Å²) in [5, 5.41) is 6.32. The zero-order valence-corrected chi connectivity index (χ0v) is 13.2. The smallest absolute Gasteiger partial charge is 0.190 e. The molecule has 0 heterocycles. The number of benzene rings is 1. The standard InChI is InChI=1S/C13H20FN3.HI/c1-3-9-16-13(15-2)17-10-8-11-6-4-5-7-12(11)14;/h4-7H,3,8-10H2,1-2H3,(H2,15,16,17);1H. The molecule has 0 saturated heterocycles. The molecule has 0 aliphatic heterocycles. The van der Waals surface area contributed by atoms with Gasteiger partial charge in [-0.25, -0.2) is 4.39 Å². The first-order valence-electron chi connectivity index (χ1n) is 5.95. The summed E-state index contributed by atoms with van der Waals surface area (Å²) in [7, 11) is 1.73. The van der Waals surface area contributed by atoms with Crippen LogP contribution in [0.25, 0.3) is 0 Å². The first-order chi connectivity index (χ1) is 8.27. The third-order valence-corrected chi connectivity index (χ3v) is 2.41. The lowest BCUT2D eigenvalue weighted by Gasteiger charge is -2.11. The molecule has 1 aromatic rings. The maximum absolute atomic E-state index is 13.3. The van der Waals surface area contributed by atoms with Gasteiger partial charge in [0.2, 0.25) is 0 Å². The Morgan fingerprint density at radius 2 is 1.89 bits per heavy atom. The number of hydrogen-bond acceptors (Lipinski definition) is 1. The topological polar surface area (TPSA) is 36.4 Å². The van der Waals surface area contributed by atoms with Crippen LogP contribution in [0.2, 0.25) is 0 Å². The van der Waals surface area contributed by atoms with Crippen molar-refractivity contribution in [3.8, 4) is 0 Å². The summed E-state index contributed by atoms with van der Waals surface area (Å²) in [4.78, 5) is 4.08. The summed E-state index contributed by atoms with van der Waals surface area (Å²) < 4.78 is 13.3. The van der Waals surface area contributed by atoms with Crippen molar-refractivity contribution >= 4 is 29.9 Å². The molecule has 0 bridgehead atoms. The first-order valence-corrected chi connectivity index (χ1v) is 5.95. The lowest BCUT2D eigenvalue weighted by atomic mass is 10.1. The van der Waals surface area contributed by atoms with Crippen LogP contribution in [0.3, 0.4) is 0 Å². The molecular weight excluding hydrogens is 344 g/mol. The van der Waals surface area contributed by atoms with Crippen LogP contribution in [0.4, 0.5) is 4.39 Å². The van der Waals surface area contributed by atoms with Gasteiger partial charge in [0.25, 0.3) is 0 Å². The Balaban J connectivity index is 0.00000289. The van der Waals surface area contributed by atoms with E-state index in [1.807, 2.05) is 6.07 Å². The molecule has 0 radical (unpaired) electrons. The van der Waals surface area contributed by atoms with Crippen LogP contribution in [0, 0.1) is 5.82 Å². The van der Waals surface area contributed by atoms with Crippen LogP contribution < -0.4 is 10.6 Å². The molecule has 0 saturated carbocycles. The minimum atomic E-state index is -0.147. The molecule has 0 aliphatic carbocycles. The van der Waals surface area contributed by atoms with E-state index < -0.39 is 0 Å². The molecule has 0 aliphatic rings. The van der Waals surface area contributed by atoms with Crippen molar-refractivity contribution in [3.63, 3.8) is 0 Å². The molecule has 1 rings (SSSR count). The number of nitrogens with one attached hydrogen (secondary N) is 2. The Hall–Kier alpha value is -0.850. The quantitative estimate of drug-likeness (QED) is 0.478. The van der Waals surface area contributed by atoms with Gasteiger partial charge in [-0.3, -0.25) is 4.99 Å². The van der Waals surface area contributed by atoms with E-state index in [1.165, 1.54) is 6.07 Å². The third-order valence-electron chi connectivity index (χ3n) is 2.41. The van der Waals surface area contributed by atoms with Crippen molar-refractivity contribution in [1.29, 1.82) is 0 Å². The van der Waals surface area contributed by atoms with Crippen LogP contribution in [-0.4, -0.2) is 26.1 Å². The molecule has 18 heavy (non-hydrogen) atoms. The number of aliphatic imine (C=N–C) groups is 1.